The van der Waals surface area contributed by atoms with Crippen LogP contribution in [0.5, 0.6) is 17.5 Å². The fourth-order valence-electron chi connectivity index (χ4n) is 2.48. The van der Waals surface area contributed by atoms with Gasteiger partial charge in [-0.05, 0) is 76.4 Å². The number of nitrogens with one attached hydrogen (secondary N) is 2. The Morgan fingerprint density at radius 1 is 1.19 bits per heavy atom. The normalized spacial score (nSPS) is 10.4. The van der Waals surface area contributed by atoms with Gasteiger partial charge in [0.25, 0.3) is 10.0 Å². The Morgan fingerprint density at radius 3 is 2.43 bits per heavy atom. The van der Waals surface area contributed by atoms with E-state index in [2.05, 4.69) is 20.3 Å². The van der Waals surface area contributed by atoms with E-state index in [1.807, 2.05) is 56.0 Å². The molecule has 0 radical (unpaired) electrons. The summed E-state index contributed by atoms with van der Waals surface area (Å²) in [6.45, 7) is 1.68. The fraction of sp³-hybridized carbons (Fsp3) is 0.190. The smallest absolute Gasteiger partial charge is 0.335 e. The van der Waals surface area contributed by atoms with Gasteiger partial charge < -0.3 is 14.6 Å². The van der Waals surface area contributed by atoms with Crippen LogP contribution in [-0.2, 0) is 10.0 Å². The van der Waals surface area contributed by atoms with Gasteiger partial charge in [0.15, 0.2) is 0 Å². The van der Waals surface area contributed by atoms with Gasteiger partial charge in [0.1, 0.15) is 28.8 Å². The number of nitriles is 1. The number of phenolic OH excluding ortho intramolecular Hbond substituents is 1. The molecule has 2 amide bonds. The van der Waals surface area contributed by atoms with Gasteiger partial charge in [-0.1, -0.05) is 12.1 Å². The number of para-hydroxylation sites is 1. The van der Waals surface area contributed by atoms with Crippen molar-refractivity contribution in [2.75, 3.05) is 24.9 Å². The summed E-state index contributed by atoms with van der Waals surface area (Å²) < 4.78 is 38.3. The highest BCUT2D eigenvalue weighted by Crippen LogP contribution is 2.27. The molecule has 1 heterocycles. The first kappa shape index (κ1) is 30.5. The number of benzene rings is 2. The van der Waals surface area contributed by atoms with Crippen molar-refractivity contribution in [2.24, 2.45) is 0 Å². The number of rotatable bonds is 7. The molecule has 0 saturated carbocycles. The van der Waals surface area contributed by atoms with Gasteiger partial charge in [-0.2, -0.15) is 20.2 Å². The largest absolute Gasteiger partial charge is 0.506 e. The highest BCUT2D eigenvalue weighted by atomic mass is 127. The summed E-state index contributed by atoms with van der Waals surface area (Å²) in [5, 5.41) is 20.1. The molecule has 0 aliphatic carbocycles. The van der Waals surface area contributed by atoms with Gasteiger partial charge in [0, 0.05) is 0 Å². The summed E-state index contributed by atoms with van der Waals surface area (Å²) in [5.41, 5.74) is 0.580. The molecule has 0 bridgehead atoms. The zero-order valence-electron chi connectivity index (χ0n) is 19.2. The van der Waals surface area contributed by atoms with E-state index in [0.717, 1.165) is 0 Å². The molecule has 2 aromatic carbocycles. The first-order chi connectivity index (χ1) is 17.5. The Bertz CT molecular complexity index is 1400. The van der Waals surface area contributed by atoms with Crippen molar-refractivity contribution in [3.63, 3.8) is 0 Å². The first-order valence-corrected chi connectivity index (χ1v) is 14.1. The molecule has 12 nitrogen and oxygen atoms in total. The quantitative estimate of drug-likeness (QED) is 0.237. The van der Waals surface area contributed by atoms with Crippen molar-refractivity contribution in [3.05, 3.63) is 54.9 Å². The average Bonchev–Trinajstić information content (AvgIpc) is 2.85. The number of urea groups is 1. The number of carbonyl (C=O) groups is 1. The Morgan fingerprint density at radius 2 is 1.84 bits per heavy atom. The van der Waals surface area contributed by atoms with E-state index in [-0.39, 0.29) is 46.7 Å². The lowest BCUT2D eigenvalue weighted by Gasteiger charge is -2.12. The molecule has 3 rings (SSSR count). The number of aryl methyl sites for hydroxylation is 1. The summed E-state index contributed by atoms with van der Waals surface area (Å²) in [4.78, 5) is 23.4. The molecule has 0 aliphatic heterocycles. The van der Waals surface area contributed by atoms with E-state index in [4.69, 9.17) is 26.3 Å². The summed E-state index contributed by atoms with van der Waals surface area (Å²) in [7, 11) is -2.85. The van der Waals surface area contributed by atoms with Gasteiger partial charge >= 0.3 is 12.0 Å². The number of phenols is 1. The van der Waals surface area contributed by atoms with E-state index >= 15 is 0 Å². The van der Waals surface area contributed by atoms with Crippen LogP contribution in [-0.4, -0.2) is 54.1 Å². The third-order valence-corrected chi connectivity index (χ3v) is 7.15. The van der Waals surface area contributed by atoms with Gasteiger partial charge in [-0.15, -0.1) is 11.6 Å². The van der Waals surface area contributed by atoms with E-state index in [0.29, 0.717) is 12.7 Å². The minimum absolute atomic E-state index is 0.0181. The Kier molecular flexibility index (Phi) is 11.8. The number of halogens is 3. The minimum Gasteiger partial charge on any atom is -0.506 e. The maximum absolute atomic E-state index is 12.4. The Labute approximate surface area is 245 Å². The topological polar surface area (TPSA) is 176 Å². The molecular formula is C21H19ClI2N6O6S. The van der Waals surface area contributed by atoms with Gasteiger partial charge in [0.05, 0.1) is 31.8 Å². The second kappa shape index (κ2) is 14.3. The third kappa shape index (κ3) is 9.28. The second-order valence-corrected chi connectivity index (χ2v) is 11.0. The molecule has 37 heavy (non-hydrogen) atoms. The van der Waals surface area contributed by atoms with Crippen molar-refractivity contribution in [3.8, 4) is 23.6 Å². The van der Waals surface area contributed by atoms with Crippen LogP contribution in [0, 0.1) is 25.4 Å². The highest BCUT2D eigenvalue weighted by molar-refractivity contribution is 14.1. The number of alkyl halides is 1. The summed E-state index contributed by atoms with van der Waals surface area (Å²) in [6, 6.07) is 10.1. The zero-order valence-corrected chi connectivity index (χ0v) is 25.1. The SMILES string of the molecule is COc1nc(C)nc(NC(=O)NS(=O)(=O)c2ccccc2OCCCl)n1.N#Cc1cc(I)c(O)c(I)c1. The number of aromatic hydroxyl groups is 1. The molecule has 0 saturated heterocycles. The molecule has 0 spiro atoms. The van der Waals surface area contributed by atoms with E-state index < -0.39 is 16.1 Å². The second-order valence-electron chi connectivity index (χ2n) is 6.64. The lowest BCUT2D eigenvalue weighted by atomic mass is 10.2. The molecule has 3 aromatic rings. The average molecular weight is 773 g/mol. The molecule has 0 fully saturated rings. The third-order valence-electron chi connectivity index (χ3n) is 3.98. The zero-order chi connectivity index (χ0) is 27.6. The summed E-state index contributed by atoms with van der Waals surface area (Å²) in [6.07, 6.45) is 0. The van der Waals surface area contributed by atoms with Crippen LogP contribution >= 0.6 is 56.8 Å². The van der Waals surface area contributed by atoms with Gasteiger partial charge in [0.2, 0.25) is 5.95 Å². The Hall–Kier alpha value is -2.69. The number of carbonyl (C=O) groups excluding carboxylic acids is 1. The number of hydrogen-bond acceptors (Lipinski definition) is 10. The fourth-order valence-corrected chi connectivity index (χ4v) is 5.38. The van der Waals surface area contributed by atoms with Crippen LogP contribution in [0.2, 0.25) is 0 Å². The number of amides is 2. The summed E-state index contributed by atoms with van der Waals surface area (Å²) in [5.74, 6) is 0.642. The van der Waals surface area contributed by atoms with Crippen molar-refractivity contribution in [2.45, 2.75) is 11.8 Å². The highest BCUT2D eigenvalue weighted by Gasteiger charge is 2.22. The molecule has 196 valence electrons. The minimum atomic E-state index is -4.20. The van der Waals surface area contributed by atoms with E-state index in [9.17, 15) is 18.3 Å². The molecule has 0 aliphatic rings. The maximum atomic E-state index is 12.4. The number of sulfonamides is 1. The lowest BCUT2D eigenvalue weighted by Crippen LogP contribution is -2.35. The number of aromatic nitrogens is 3. The molecule has 0 atom stereocenters. The lowest BCUT2D eigenvalue weighted by molar-refractivity contribution is 0.256. The van der Waals surface area contributed by atoms with E-state index in [1.165, 1.54) is 25.3 Å². The van der Waals surface area contributed by atoms with Crippen molar-refractivity contribution >= 4 is 78.8 Å². The van der Waals surface area contributed by atoms with Crippen LogP contribution in [0.25, 0.3) is 0 Å². The predicted octanol–water partition coefficient (Wildman–Crippen LogP) is 3.79. The van der Waals surface area contributed by atoms with E-state index in [1.54, 1.807) is 25.1 Å². The number of anilines is 1. The Balaban J connectivity index is 0.000000364. The number of hydrogen-bond donors (Lipinski definition) is 3. The van der Waals surface area contributed by atoms with Gasteiger partial charge in [-0.25, -0.2) is 17.9 Å². The van der Waals surface area contributed by atoms with Gasteiger partial charge in [-0.3, -0.25) is 5.32 Å². The van der Waals surface area contributed by atoms with Crippen LogP contribution in [0.3, 0.4) is 0 Å². The van der Waals surface area contributed by atoms with Crippen molar-refractivity contribution in [1.29, 1.82) is 5.26 Å². The molecule has 1 aromatic heterocycles. The maximum Gasteiger partial charge on any atom is 0.335 e. The monoisotopic (exact) mass is 772 g/mol. The predicted molar refractivity (Wildman–Crippen MR) is 151 cm³/mol. The molecule has 0 unspecified atom stereocenters. The van der Waals surface area contributed by atoms with Crippen molar-refractivity contribution in [1.82, 2.24) is 19.7 Å². The molecule has 16 heteroatoms. The summed E-state index contributed by atoms with van der Waals surface area (Å²) >= 11 is 9.53. The molecule has 3 N–H and O–H groups in total. The number of ether oxygens (including phenoxy) is 2. The number of nitrogens with zero attached hydrogens (tertiary/aromatic N) is 4. The van der Waals surface area contributed by atoms with Crippen LogP contribution in [0.15, 0.2) is 41.3 Å². The molecular weight excluding hydrogens is 754 g/mol. The van der Waals surface area contributed by atoms with Crippen molar-refractivity contribution < 1.29 is 27.8 Å². The van der Waals surface area contributed by atoms with Crippen LogP contribution in [0.1, 0.15) is 11.4 Å². The standard InChI is InChI=1S/C14H16ClN5O5S.C7H3I2NO/c1-9-16-12(19-14(17-9)24-2)18-13(21)20-26(22,23)11-6-4-3-5-10(11)25-8-7-15;8-5-1-4(3-10)2-6(9)7(5)11/h3-6H,7-8H2,1-2H3,(H2,16,17,18,19,20,21);1-2,11H. The van der Waals surface area contributed by atoms with Crippen LogP contribution < -0.4 is 19.5 Å². The first-order valence-electron chi connectivity index (χ1n) is 9.97. The number of methoxy groups -OCH3 is 1. The van der Waals surface area contributed by atoms with Crippen LogP contribution in [0.4, 0.5) is 10.7 Å².